The lowest BCUT2D eigenvalue weighted by atomic mass is 10.2. The number of nitro benzene ring substituents is 1. The molecule has 6 nitrogen and oxygen atoms in total. The number of nitrogens with zero attached hydrogens (tertiary/aromatic N) is 2. The molecule has 0 bridgehead atoms. The number of rotatable bonds is 4. The van der Waals surface area contributed by atoms with Gasteiger partial charge in [0, 0.05) is 16.6 Å². The first-order valence-corrected chi connectivity index (χ1v) is 8.79. The molecule has 0 aromatic heterocycles. The molecule has 1 heterocycles. The lowest BCUT2D eigenvalue weighted by Gasteiger charge is -2.12. The molecule has 0 atom stereocenters. The zero-order valence-corrected chi connectivity index (χ0v) is 15.1. The average molecular weight is 419 g/mol. The third-order valence-corrected chi connectivity index (χ3v) is 4.97. The highest BCUT2D eigenvalue weighted by molar-refractivity contribution is 9.10. The molecule has 1 saturated heterocycles. The quantitative estimate of drug-likeness (QED) is 0.411. The van der Waals surface area contributed by atoms with Crippen LogP contribution in [0.3, 0.4) is 0 Å². The predicted molar refractivity (Wildman–Crippen MR) is 98.8 cm³/mol. The molecule has 25 heavy (non-hydrogen) atoms. The van der Waals surface area contributed by atoms with Crippen LogP contribution in [0.2, 0.25) is 0 Å². The Balaban J connectivity index is 1.77. The minimum atomic E-state index is -0.495. The Morgan fingerprint density at radius 2 is 1.72 bits per heavy atom. The van der Waals surface area contributed by atoms with Crippen molar-refractivity contribution in [3.63, 3.8) is 0 Å². The molecule has 0 saturated carbocycles. The van der Waals surface area contributed by atoms with Gasteiger partial charge in [0.15, 0.2) is 0 Å². The van der Waals surface area contributed by atoms with Gasteiger partial charge in [0.05, 0.1) is 16.4 Å². The molecule has 0 N–H and O–H groups in total. The number of benzene rings is 2. The van der Waals surface area contributed by atoms with Gasteiger partial charge >= 0.3 is 0 Å². The van der Waals surface area contributed by atoms with Gasteiger partial charge in [-0.3, -0.25) is 24.6 Å². The first kappa shape index (κ1) is 17.4. The van der Waals surface area contributed by atoms with Crippen LogP contribution < -0.4 is 0 Å². The number of imide groups is 1. The van der Waals surface area contributed by atoms with Gasteiger partial charge in [0.1, 0.15) is 0 Å². The normalized spacial score (nSPS) is 15.9. The van der Waals surface area contributed by atoms with E-state index in [9.17, 15) is 19.7 Å². The van der Waals surface area contributed by atoms with Crippen LogP contribution in [0.25, 0.3) is 6.08 Å². The number of hydrogen-bond donors (Lipinski definition) is 0. The minimum absolute atomic E-state index is 0.0342. The van der Waals surface area contributed by atoms with E-state index >= 15 is 0 Å². The Hall–Kier alpha value is -2.45. The van der Waals surface area contributed by atoms with Gasteiger partial charge in [0.2, 0.25) is 0 Å². The maximum atomic E-state index is 12.5. The smallest absolute Gasteiger partial charge is 0.268 e. The second-order valence-electron chi connectivity index (χ2n) is 5.24. The van der Waals surface area contributed by atoms with E-state index in [2.05, 4.69) is 15.9 Å². The Kier molecular flexibility index (Phi) is 5.00. The van der Waals surface area contributed by atoms with Crippen molar-refractivity contribution in [2.45, 2.75) is 6.54 Å². The van der Waals surface area contributed by atoms with Crippen molar-refractivity contribution in [1.29, 1.82) is 0 Å². The van der Waals surface area contributed by atoms with Crippen LogP contribution in [0.5, 0.6) is 0 Å². The van der Waals surface area contributed by atoms with E-state index < -0.39 is 4.92 Å². The van der Waals surface area contributed by atoms with Crippen LogP contribution in [-0.4, -0.2) is 21.0 Å². The van der Waals surface area contributed by atoms with Crippen molar-refractivity contribution in [2.75, 3.05) is 0 Å². The van der Waals surface area contributed by atoms with Crippen molar-refractivity contribution in [3.05, 3.63) is 79.2 Å². The van der Waals surface area contributed by atoms with Crippen LogP contribution in [0.15, 0.2) is 57.9 Å². The summed E-state index contributed by atoms with van der Waals surface area (Å²) in [7, 11) is 0. The third-order valence-electron chi connectivity index (χ3n) is 3.53. The molecule has 2 aromatic carbocycles. The largest absolute Gasteiger partial charge is 0.293 e. The fraction of sp³-hybridized carbons (Fsp3) is 0.0588. The Morgan fingerprint density at radius 1 is 1.08 bits per heavy atom. The van der Waals surface area contributed by atoms with Crippen molar-refractivity contribution in [2.24, 2.45) is 0 Å². The van der Waals surface area contributed by atoms with Gasteiger partial charge < -0.3 is 0 Å². The molecule has 0 aliphatic carbocycles. The highest BCUT2D eigenvalue weighted by atomic mass is 79.9. The van der Waals surface area contributed by atoms with Gasteiger partial charge in [-0.2, -0.15) is 0 Å². The van der Waals surface area contributed by atoms with E-state index in [1.807, 2.05) is 24.3 Å². The molecule has 2 aromatic rings. The number of carbonyl (C=O) groups is 2. The lowest BCUT2D eigenvalue weighted by Crippen LogP contribution is -2.27. The topological polar surface area (TPSA) is 80.5 Å². The molecule has 3 rings (SSSR count). The summed E-state index contributed by atoms with van der Waals surface area (Å²) in [5.41, 5.74) is 1.44. The summed E-state index contributed by atoms with van der Waals surface area (Å²) < 4.78 is 0.927. The van der Waals surface area contributed by atoms with Crippen LogP contribution in [0.4, 0.5) is 10.5 Å². The molecule has 8 heteroatoms. The van der Waals surface area contributed by atoms with Crippen LogP contribution in [0.1, 0.15) is 11.1 Å². The zero-order valence-electron chi connectivity index (χ0n) is 12.7. The van der Waals surface area contributed by atoms with Gasteiger partial charge in [-0.1, -0.05) is 40.2 Å². The van der Waals surface area contributed by atoms with E-state index in [1.54, 1.807) is 18.2 Å². The number of halogens is 1. The van der Waals surface area contributed by atoms with Gasteiger partial charge in [-0.15, -0.1) is 0 Å². The average Bonchev–Trinajstić information content (AvgIpc) is 2.85. The van der Waals surface area contributed by atoms with Crippen molar-refractivity contribution < 1.29 is 14.5 Å². The number of thioether (sulfide) groups is 1. The summed E-state index contributed by atoms with van der Waals surface area (Å²) >= 11 is 4.23. The maximum Gasteiger partial charge on any atom is 0.293 e. The molecular weight excluding hydrogens is 408 g/mol. The molecule has 126 valence electrons. The number of amides is 2. The SMILES string of the molecule is O=C1S/C(=C\c2ccc(Br)cc2)C(=O)N1Cc1ccc([N+](=O)[O-])cc1. The van der Waals surface area contributed by atoms with Crippen LogP contribution >= 0.6 is 27.7 Å². The van der Waals surface area contributed by atoms with Gasteiger partial charge in [-0.25, -0.2) is 0 Å². The Morgan fingerprint density at radius 3 is 2.32 bits per heavy atom. The zero-order chi connectivity index (χ0) is 18.0. The lowest BCUT2D eigenvalue weighted by molar-refractivity contribution is -0.384. The fourth-order valence-corrected chi connectivity index (χ4v) is 3.35. The molecule has 1 aliphatic rings. The molecule has 0 radical (unpaired) electrons. The molecule has 0 unspecified atom stereocenters. The summed E-state index contributed by atoms with van der Waals surface area (Å²) in [4.78, 5) is 36.3. The van der Waals surface area contributed by atoms with Crippen molar-refractivity contribution in [3.8, 4) is 0 Å². The molecule has 0 spiro atoms. The third kappa shape index (κ3) is 3.97. The standard InChI is InChI=1S/C17H11BrN2O4S/c18-13-5-1-11(2-6-13)9-15-16(21)19(17(22)25-15)10-12-3-7-14(8-4-12)20(23)24/h1-9H,10H2/b15-9-. The summed E-state index contributed by atoms with van der Waals surface area (Å²) in [5.74, 6) is -0.365. The molecule has 1 aliphatic heterocycles. The van der Waals surface area contributed by atoms with Gasteiger partial charge in [0.25, 0.3) is 16.8 Å². The highest BCUT2D eigenvalue weighted by Crippen LogP contribution is 2.33. The fourth-order valence-electron chi connectivity index (χ4n) is 2.25. The molecule has 2 amide bonds. The summed E-state index contributed by atoms with van der Waals surface area (Å²) in [6, 6.07) is 13.2. The minimum Gasteiger partial charge on any atom is -0.268 e. The molecule has 1 fully saturated rings. The Bertz CT molecular complexity index is 879. The van der Waals surface area contributed by atoms with Crippen molar-refractivity contribution in [1.82, 2.24) is 4.90 Å². The van der Waals surface area contributed by atoms with Gasteiger partial charge in [-0.05, 0) is 41.1 Å². The Labute approximate surface area is 155 Å². The first-order chi connectivity index (χ1) is 11.9. The predicted octanol–water partition coefficient (Wildman–Crippen LogP) is 4.59. The van der Waals surface area contributed by atoms with Crippen LogP contribution in [-0.2, 0) is 11.3 Å². The van der Waals surface area contributed by atoms with E-state index in [1.165, 1.54) is 12.1 Å². The van der Waals surface area contributed by atoms with E-state index in [0.717, 1.165) is 26.7 Å². The maximum absolute atomic E-state index is 12.5. The summed E-state index contributed by atoms with van der Waals surface area (Å²) in [6.45, 7) is 0.0837. The van der Waals surface area contributed by atoms with E-state index in [0.29, 0.717) is 10.5 Å². The second kappa shape index (κ2) is 7.20. The van der Waals surface area contributed by atoms with E-state index in [4.69, 9.17) is 0 Å². The van der Waals surface area contributed by atoms with Crippen molar-refractivity contribution >= 4 is 50.6 Å². The summed E-state index contributed by atoms with van der Waals surface area (Å²) in [6.07, 6.45) is 1.67. The van der Waals surface area contributed by atoms with Crippen LogP contribution in [0, 0.1) is 10.1 Å². The molecular formula is C17H11BrN2O4S. The summed E-state index contributed by atoms with van der Waals surface area (Å²) in [5, 5.41) is 10.3. The number of hydrogen-bond acceptors (Lipinski definition) is 5. The van der Waals surface area contributed by atoms with E-state index in [-0.39, 0.29) is 23.4 Å². The first-order valence-electron chi connectivity index (χ1n) is 7.18. The number of non-ortho nitro benzene ring substituents is 1. The second-order valence-corrected chi connectivity index (χ2v) is 7.15. The number of carbonyl (C=O) groups excluding carboxylic acids is 2. The number of nitro groups is 1. The monoisotopic (exact) mass is 418 g/mol. The highest BCUT2D eigenvalue weighted by Gasteiger charge is 2.35.